The van der Waals surface area contributed by atoms with Gasteiger partial charge in [0.25, 0.3) is 0 Å². The Morgan fingerprint density at radius 1 is 1.33 bits per heavy atom. The van der Waals surface area contributed by atoms with Gasteiger partial charge in [0.15, 0.2) is 0 Å². The molecule has 1 amide bonds. The van der Waals surface area contributed by atoms with E-state index in [1.165, 1.54) is 6.08 Å². The number of benzene rings is 1. The molecule has 0 saturated heterocycles. The van der Waals surface area contributed by atoms with Crippen molar-refractivity contribution in [2.45, 2.75) is 38.1 Å². The lowest BCUT2D eigenvalue weighted by molar-refractivity contribution is -0.146. The summed E-state index contributed by atoms with van der Waals surface area (Å²) in [6.45, 7) is 1.99. The quantitative estimate of drug-likeness (QED) is 0.818. The molecule has 2 N–H and O–H groups in total. The molecule has 0 atom stereocenters. The minimum atomic E-state index is -1.09. The van der Waals surface area contributed by atoms with Crippen molar-refractivity contribution in [1.29, 1.82) is 0 Å². The van der Waals surface area contributed by atoms with Gasteiger partial charge in [-0.05, 0) is 43.0 Å². The van der Waals surface area contributed by atoms with E-state index in [0.29, 0.717) is 12.8 Å². The largest absolute Gasteiger partial charge is 0.480 e. The third kappa shape index (κ3) is 3.73. The van der Waals surface area contributed by atoms with E-state index in [1.807, 2.05) is 25.1 Å². The number of hydrogen-bond donors (Lipinski definition) is 2. The average molecular weight is 352 g/mol. The second-order valence-electron chi connectivity index (χ2n) is 5.44. The fourth-order valence-electron chi connectivity index (χ4n) is 2.58. The second kappa shape index (κ2) is 6.43. The minimum absolute atomic E-state index is 0.369. The first-order chi connectivity index (χ1) is 9.93. The molecule has 5 heteroatoms. The predicted octanol–water partition coefficient (Wildman–Crippen LogP) is 3.28. The Bertz CT molecular complexity index is 589. The molecule has 1 aliphatic carbocycles. The van der Waals surface area contributed by atoms with Gasteiger partial charge in [0.1, 0.15) is 5.54 Å². The van der Waals surface area contributed by atoms with Crippen LogP contribution in [-0.4, -0.2) is 22.5 Å². The van der Waals surface area contributed by atoms with E-state index >= 15 is 0 Å². The van der Waals surface area contributed by atoms with Crippen molar-refractivity contribution in [3.8, 4) is 0 Å². The Balaban J connectivity index is 2.07. The summed E-state index contributed by atoms with van der Waals surface area (Å²) in [6, 6.07) is 5.83. The first-order valence-corrected chi connectivity index (χ1v) is 7.72. The van der Waals surface area contributed by atoms with Crippen LogP contribution in [0.2, 0.25) is 0 Å². The lowest BCUT2D eigenvalue weighted by Gasteiger charge is -2.24. The molecule has 1 aliphatic rings. The summed E-state index contributed by atoms with van der Waals surface area (Å²) in [5, 5.41) is 12.0. The number of aliphatic carboxylic acids is 1. The summed E-state index contributed by atoms with van der Waals surface area (Å²) in [5.41, 5.74) is 0.914. The zero-order valence-corrected chi connectivity index (χ0v) is 13.4. The Morgan fingerprint density at radius 2 is 2.00 bits per heavy atom. The highest BCUT2D eigenvalue weighted by atomic mass is 79.9. The van der Waals surface area contributed by atoms with Gasteiger partial charge < -0.3 is 10.4 Å². The highest BCUT2D eigenvalue weighted by molar-refractivity contribution is 9.10. The molecule has 2 rings (SSSR count). The average Bonchev–Trinajstić information content (AvgIpc) is 2.87. The summed E-state index contributed by atoms with van der Waals surface area (Å²) < 4.78 is 0.903. The zero-order chi connectivity index (χ0) is 15.5. The number of rotatable bonds is 4. The van der Waals surface area contributed by atoms with Crippen molar-refractivity contribution in [3.05, 3.63) is 39.9 Å². The maximum absolute atomic E-state index is 12.0. The molecule has 1 fully saturated rings. The molecule has 4 nitrogen and oxygen atoms in total. The lowest BCUT2D eigenvalue weighted by atomic mass is 9.98. The van der Waals surface area contributed by atoms with Gasteiger partial charge in [-0.25, -0.2) is 4.79 Å². The summed E-state index contributed by atoms with van der Waals surface area (Å²) in [6.07, 6.45) is 5.73. The van der Waals surface area contributed by atoms with Gasteiger partial charge in [-0.15, -0.1) is 0 Å². The van der Waals surface area contributed by atoms with Crippen LogP contribution in [0.3, 0.4) is 0 Å². The normalized spacial score (nSPS) is 17.0. The molecule has 1 aromatic rings. The fourth-order valence-corrected chi connectivity index (χ4v) is 3.21. The highest BCUT2D eigenvalue weighted by Gasteiger charge is 2.42. The molecule has 1 saturated carbocycles. The van der Waals surface area contributed by atoms with Crippen molar-refractivity contribution >= 4 is 33.9 Å². The molecule has 0 spiro atoms. The van der Waals surface area contributed by atoms with E-state index in [2.05, 4.69) is 21.2 Å². The van der Waals surface area contributed by atoms with E-state index in [0.717, 1.165) is 28.4 Å². The molecule has 0 unspecified atom stereocenters. The maximum Gasteiger partial charge on any atom is 0.329 e. The summed E-state index contributed by atoms with van der Waals surface area (Å²) in [7, 11) is 0. The number of nitrogens with one attached hydrogen (secondary N) is 1. The van der Waals surface area contributed by atoms with E-state index in [-0.39, 0.29) is 5.91 Å². The molecule has 0 aromatic heterocycles. The van der Waals surface area contributed by atoms with Crippen LogP contribution in [0.1, 0.15) is 36.8 Å². The van der Waals surface area contributed by atoms with Crippen molar-refractivity contribution in [1.82, 2.24) is 5.32 Å². The Labute approximate surface area is 132 Å². The van der Waals surface area contributed by atoms with Gasteiger partial charge in [0, 0.05) is 10.5 Å². The molecule has 0 bridgehead atoms. The van der Waals surface area contributed by atoms with Crippen LogP contribution in [0.5, 0.6) is 0 Å². The van der Waals surface area contributed by atoms with Crippen molar-refractivity contribution in [3.63, 3.8) is 0 Å². The van der Waals surface area contributed by atoms with Crippen LogP contribution >= 0.6 is 15.9 Å². The smallest absolute Gasteiger partial charge is 0.329 e. The van der Waals surface area contributed by atoms with Crippen LogP contribution in [-0.2, 0) is 9.59 Å². The number of carbonyl (C=O) groups is 2. The molecule has 112 valence electrons. The fraction of sp³-hybridized carbons (Fsp3) is 0.375. The maximum atomic E-state index is 12.0. The molecular weight excluding hydrogens is 334 g/mol. The van der Waals surface area contributed by atoms with Crippen molar-refractivity contribution in [2.75, 3.05) is 0 Å². The van der Waals surface area contributed by atoms with E-state index in [9.17, 15) is 14.7 Å². The van der Waals surface area contributed by atoms with Gasteiger partial charge in [-0.3, -0.25) is 4.79 Å². The molecule has 1 aromatic carbocycles. The second-order valence-corrected chi connectivity index (χ2v) is 6.30. The molecule has 0 aliphatic heterocycles. The van der Waals surface area contributed by atoms with Gasteiger partial charge in [0.05, 0.1) is 0 Å². The lowest BCUT2D eigenvalue weighted by Crippen LogP contribution is -2.52. The van der Waals surface area contributed by atoms with E-state index < -0.39 is 11.5 Å². The minimum Gasteiger partial charge on any atom is -0.480 e. The number of carboxylic acid groups (broad SMARTS) is 1. The number of amides is 1. The molecule has 0 radical (unpaired) electrons. The van der Waals surface area contributed by atoms with Crippen molar-refractivity contribution < 1.29 is 14.7 Å². The Morgan fingerprint density at radius 3 is 2.57 bits per heavy atom. The third-order valence-corrected chi connectivity index (χ3v) is 4.49. The topological polar surface area (TPSA) is 66.4 Å². The monoisotopic (exact) mass is 351 g/mol. The number of aryl methyl sites for hydroxylation is 1. The van der Waals surface area contributed by atoms with Gasteiger partial charge in [0.2, 0.25) is 5.91 Å². The van der Waals surface area contributed by atoms with Crippen LogP contribution in [0.4, 0.5) is 0 Å². The number of halogens is 1. The van der Waals surface area contributed by atoms with E-state index in [1.54, 1.807) is 6.08 Å². The first kappa shape index (κ1) is 15.8. The zero-order valence-electron chi connectivity index (χ0n) is 11.9. The summed E-state index contributed by atoms with van der Waals surface area (Å²) in [4.78, 5) is 23.4. The highest BCUT2D eigenvalue weighted by Crippen LogP contribution is 2.30. The van der Waals surface area contributed by atoms with Crippen LogP contribution in [0.25, 0.3) is 6.08 Å². The SMILES string of the molecule is Cc1ccc(/C=C/C(=O)NC2(C(=O)O)CCCC2)c(Br)c1. The molecule has 0 heterocycles. The van der Waals surface area contributed by atoms with Gasteiger partial charge >= 0.3 is 5.97 Å². The number of hydrogen-bond acceptors (Lipinski definition) is 2. The Kier molecular flexibility index (Phi) is 4.83. The third-order valence-electron chi connectivity index (χ3n) is 3.80. The summed E-state index contributed by atoms with van der Waals surface area (Å²) >= 11 is 3.44. The standard InChI is InChI=1S/C16H18BrNO3/c1-11-4-5-12(13(17)10-11)6-7-14(19)18-16(15(20)21)8-2-3-9-16/h4-7,10H,2-3,8-9H2,1H3,(H,18,19)(H,20,21)/b7-6+. The molecule has 21 heavy (non-hydrogen) atoms. The van der Waals surface area contributed by atoms with Crippen LogP contribution in [0.15, 0.2) is 28.7 Å². The molecular formula is C16H18BrNO3. The number of carbonyl (C=O) groups excluding carboxylic acids is 1. The van der Waals surface area contributed by atoms with Crippen LogP contribution < -0.4 is 5.32 Å². The predicted molar refractivity (Wildman–Crippen MR) is 84.9 cm³/mol. The summed E-state index contributed by atoms with van der Waals surface area (Å²) in [5.74, 6) is -1.31. The van der Waals surface area contributed by atoms with Gasteiger partial charge in [-0.2, -0.15) is 0 Å². The van der Waals surface area contributed by atoms with Gasteiger partial charge in [-0.1, -0.05) is 40.9 Å². The van der Waals surface area contributed by atoms with Crippen LogP contribution in [0, 0.1) is 6.92 Å². The van der Waals surface area contributed by atoms with E-state index in [4.69, 9.17) is 0 Å². The van der Waals surface area contributed by atoms with Crippen molar-refractivity contribution in [2.24, 2.45) is 0 Å². The number of carboxylic acids is 1. The Hall–Kier alpha value is -1.62. The first-order valence-electron chi connectivity index (χ1n) is 6.93.